The molecule has 0 unspecified atom stereocenters. The Morgan fingerprint density at radius 3 is 2.64 bits per heavy atom. The van der Waals surface area contributed by atoms with E-state index in [-0.39, 0.29) is 17.7 Å². The molecular weight excluding hydrogens is 361 g/mol. The van der Waals surface area contributed by atoms with Gasteiger partial charge >= 0.3 is 0 Å². The minimum absolute atomic E-state index is 0.234. The Balaban J connectivity index is 1.85. The Morgan fingerprint density at radius 1 is 1.14 bits per heavy atom. The van der Waals surface area contributed by atoms with Crippen molar-refractivity contribution in [2.45, 2.75) is 13.8 Å². The quantitative estimate of drug-likeness (QED) is 0.751. The Labute approximate surface area is 161 Å². The van der Waals surface area contributed by atoms with E-state index >= 15 is 0 Å². The van der Waals surface area contributed by atoms with E-state index in [0.29, 0.717) is 60.0 Å². The lowest BCUT2D eigenvalue weighted by atomic mass is 10.1. The van der Waals surface area contributed by atoms with Gasteiger partial charge in [0, 0.05) is 25.6 Å². The largest absolute Gasteiger partial charge is 0.378 e. The van der Waals surface area contributed by atoms with Crippen molar-refractivity contribution in [2.24, 2.45) is 0 Å². The first-order chi connectivity index (χ1) is 13.5. The molecule has 28 heavy (non-hydrogen) atoms. The summed E-state index contributed by atoms with van der Waals surface area (Å²) in [5.74, 6) is 0.348. The van der Waals surface area contributed by atoms with Gasteiger partial charge in [-0.2, -0.15) is 4.98 Å². The zero-order valence-corrected chi connectivity index (χ0v) is 15.7. The van der Waals surface area contributed by atoms with Gasteiger partial charge in [0.1, 0.15) is 11.3 Å². The molecule has 2 aromatic heterocycles. The number of aromatic nitrogens is 3. The van der Waals surface area contributed by atoms with Crippen LogP contribution in [0.25, 0.3) is 22.3 Å². The highest BCUT2D eigenvalue weighted by atomic mass is 19.1. The number of amides is 1. The molecule has 0 bridgehead atoms. The molecule has 1 aliphatic heterocycles. The normalized spacial score (nSPS) is 14.3. The summed E-state index contributed by atoms with van der Waals surface area (Å²) in [7, 11) is 0. The summed E-state index contributed by atoms with van der Waals surface area (Å²) in [4.78, 5) is 27.2. The third-order valence-corrected chi connectivity index (χ3v) is 4.59. The molecule has 0 aliphatic carbocycles. The van der Waals surface area contributed by atoms with Crippen molar-refractivity contribution in [3.05, 3.63) is 41.7 Å². The van der Waals surface area contributed by atoms with E-state index in [1.165, 1.54) is 13.0 Å². The van der Waals surface area contributed by atoms with E-state index in [4.69, 9.17) is 9.72 Å². The number of hydrogen-bond donors (Lipinski definition) is 1. The molecule has 7 nitrogen and oxygen atoms in total. The SMILES string of the molecule is CC(=O)Nc1nc(N2CCOCC2)c2nc(-c3ccc(C)c(F)c3)ccc2n1. The smallest absolute Gasteiger partial charge is 0.232 e. The van der Waals surface area contributed by atoms with E-state index in [1.54, 1.807) is 19.1 Å². The molecule has 1 fully saturated rings. The van der Waals surface area contributed by atoms with Crippen LogP contribution in [0.3, 0.4) is 0 Å². The van der Waals surface area contributed by atoms with Crippen molar-refractivity contribution in [1.29, 1.82) is 0 Å². The Morgan fingerprint density at radius 2 is 1.93 bits per heavy atom. The van der Waals surface area contributed by atoms with Crippen molar-refractivity contribution >= 4 is 28.7 Å². The lowest BCUT2D eigenvalue weighted by molar-refractivity contribution is -0.114. The number of ether oxygens (including phenoxy) is 1. The predicted molar refractivity (Wildman–Crippen MR) is 105 cm³/mol. The summed E-state index contributed by atoms with van der Waals surface area (Å²) in [5.41, 5.74) is 3.12. The second-order valence-corrected chi connectivity index (χ2v) is 6.68. The molecule has 1 amide bonds. The number of aryl methyl sites for hydroxylation is 1. The van der Waals surface area contributed by atoms with Gasteiger partial charge < -0.3 is 9.64 Å². The number of halogens is 1. The highest BCUT2D eigenvalue weighted by Crippen LogP contribution is 2.28. The number of benzene rings is 1. The van der Waals surface area contributed by atoms with E-state index in [0.717, 1.165) is 0 Å². The molecule has 1 saturated heterocycles. The second-order valence-electron chi connectivity index (χ2n) is 6.68. The van der Waals surface area contributed by atoms with Crippen LogP contribution in [-0.4, -0.2) is 47.2 Å². The molecule has 8 heteroatoms. The first kappa shape index (κ1) is 18.2. The average molecular weight is 381 g/mol. The van der Waals surface area contributed by atoms with E-state index in [2.05, 4.69) is 20.2 Å². The number of nitrogens with one attached hydrogen (secondary N) is 1. The standard InChI is InChI=1S/C20H20FN5O2/c1-12-3-4-14(11-15(12)21)16-5-6-17-18(23-16)19(26-7-9-28-10-8-26)25-20(24-17)22-13(2)27/h3-6,11H,7-10H2,1-2H3,(H,22,24,25,27). The zero-order valence-electron chi connectivity index (χ0n) is 15.7. The second kappa shape index (κ2) is 7.47. The third kappa shape index (κ3) is 3.63. The molecule has 1 aromatic carbocycles. The van der Waals surface area contributed by atoms with E-state index in [1.807, 2.05) is 12.1 Å². The minimum Gasteiger partial charge on any atom is -0.378 e. The molecular formula is C20H20FN5O2. The summed E-state index contributed by atoms with van der Waals surface area (Å²) in [5, 5.41) is 2.64. The number of carbonyl (C=O) groups is 1. The van der Waals surface area contributed by atoms with E-state index in [9.17, 15) is 9.18 Å². The zero-order chi connectivity index (χ0) is 19.7. The molecule has 4 rings (SSSR count). The van der Waals surface area contributed by atoms with Gasteiger partial charge in [0.05, 0.1) is 24.4 Å². The molecule has 0 atom stereocenters. The Hall–Kier alpha value is -3.13. The Kier molecular flexibility index (Phi) is 4.87. The molecule has 144 valence electrons. The predicted octanol–water partition coefficient (Wildman–Crippen LogP) is 2.93. The number of rotatable bonds is 3. The molecule has 3 heterocycles. The van der Waals surface area contributed by atoms with Crippen molar-refractivity contribution in [2.75, 3.05) is 36.5 Å². The van der Waals surface area contributed by atoms with Crippen LogP contribution in [0.5, 0.6) is 0 Å². The summed E-state index contributed by atoms with van der Waals surface area (Å²) < 4.78 is 19.4. The van der Waals surface area contributed by atoms with Gasteiger partial charge in [0.2, 0.25) is 11.9 Å². The fourth-order valence-electron chi connectivity index (χ4n) is 3.12. The fourth-order valence-corrected chi connectivity index (χ4v) is 3.12. The molecule has 1 N–H and O–H groups in total. The van der Waals surface area contributed by atoms with Crippen LogP contribution < -0.4 is 10.2 Å². The highest BCUT2D eigenvalue weighted by molar-refractivity contribution is 5.92. The first-order valence-electron chi connectivity index (χ1n) is 9.07. The van der Waals surface area contributed by atoms with Crippen LogP contribution in [0.15, 0.2) is 30.3 Å². The number of fused-ring (bicyclic) bond motifs is 1. The molecule has 0 saturated carbocycles. The van der Waals surface area contributed by atoms with Gasteiger partial charge in [-0.25, -0.2) is 14.4 Å². The van der Waals surface area contributed by atoms with Gasteiger partial charge in [-0.1, -0.05) is 12.1 Å². The Bertz CT molecular complexity index is 1050. The summed E-state index contributed by atoms with van der Waals surface area (Å²) >= 11 is 0. The average Bonchev–Trinajstić information content (AvgIpc) is 2.69. The van der Waals surface area contributed by atoms with Gasteiger partial charge in [-0.15, -0.1) is 0 Å². The van der Waals surface area contributed by atoms with Gasteiger partial charge in [0.15, 0.2) is 5.82 Å². The minimum atomic E-state index is -0.273. The molecule has 1 aliphatic rings. The van der Waals surface area contributed by atoms with Crippen LogP contribution in [0.4, 0.5) is 16.2 Å². The summed E-state index contributed by atoms with van der Waals surface area (Å²) in [6.45, 7) is 5.64. The monoisotopic (exact) mass is 381 g/mol. The number of carbonyl (C=O) groups excluding carboxylic acids is 1. The van der Waals surface area contributed by atoms with Crippen LogP contribution in [0, 0.1) is 12.7 Å². The molecule has 3 aromatic rings. The lowest BCUT2D eigenvalue weighted by Gasteiger charge is -2.28. The summed E-state index contributed by atoms with van der Waals surface area (Å²) in [6.07, 6.45) is 0. The maximum Gasteiger partial charge on any atom is 0.232 e. The lowest BCUT2D eigenvalue weighted by Crippen LogP contribution is -2.37. The molecule has 0 radical (unpaired) electrons. The maximum atomic E-state index is 14.0. The van der Waals surface area contributed by atoms with Crippen LogP contribution in [-0.2, 0) is 9.53 Å². The van der Waals surface area contributed by atoms with Crippen molar-refractivity contribution in [1.82, 2.24) is 15.0 Å². The maximum absolute atomic E-state index is 14.0. The summed E-state index contributed by atoms with van der Waals surface area (Å²) in [6, 6.07) is 8.65. The van der Waals surface area contributed by atoms with Crippen molar-refractivity contribution in [3.8, 4) is 11.3 Å². The number of pyridine rings is 1. The number of hydrogen-bond acceptors (Lipinski definition) is 6. The van der Waals surface area contributed by atoms with Crippen LogP contribution in [0.2, 0.25) is 0 Å². The van der Waals surface area contributed by atoms with Crippen LogP contribution >= 0.6 is 0 Å². The number of morpholine rings is 1. The fraction of sp³-hybridized carbons (Fsp3) is 0.300. The topological polar surface area (TPSA) is 80.2 Å². The first-order valence-corrected chi connectivity index (χ1v) is 9.07. The van der Waals surface area contributed by atoms with Gasteiger partial charge in [-0.3, -0.25) is 10.1 Å². The number of anilines is 2. The van der Waals surface area contributed by atoms with Gasteiger partial charge in [0.25, 0.3) is 0 Å². The van der Waals surface area contributed by atoms with Crippen molar-refractivity contribution in [3.63, 3.8) is 0 Å². The van der Waals surface area contributed by atoms with E-state index < -0.39 is 0 Å². The van der Waals surface area contributed by atoms with Crippen molar-refractivity contribution < 1.29 is 13.9 Å². The number of nitrogens with zero attached hydrogens (tertiary/aromatic N) is 4. The molecule has 0 spiro atoms. The highest BCUT2D eigenvalue weighted by Gasteiger charge is 2.19. The van der Waals surface area contributed by atoms with Gasteiger partial charge in [-0.05, 0) is 30.7 Å². The third-order valence-electron chi connectivity index (χ3n) is 4.59. The van der Waals surface area contributed by atoms with Crippen LogP contribution in [0.1, 0.15) is 12.5 Å².